The maximum atomic E-state index is 12.4. The van der Waals surface area contributed by atoms with Gasteiger partial charge < -0.3 is 19.8 Å². The fourth-order valence-electron chi connectivity index (χ4n) is 3.38. The lowest BCUT2D eigenvalue weighted by molar-refractivity contribution is -0.118. The molecule has 0 atom stereocenters. The number of rotatable bonds is 8. The number of hydrogen-bond donors (Lipinski definition) is 2. The predicted molar refractivity (Wildman–Crippen MR) is 145 cm³/mol. The molecule has 0 radical (unpaired) electrons. The SMILES string of the molecule is CCOc1cc(/C=C(\C#N)c2nc3ccccc3[nH]2)cc(Br)c1OCC(=O)Nc1ccc(Cl)c(Cl)c1. The van der Waals surface area contributed by atoms with Crippen molar-refractivity contribution in [2.24, 2.45) is 0 Å². The molecule has 4 rings (SSSR count). The summed E-state index contributed by atoms with van der Waals surface area (Å²) in [4.78, 5) is 20.1. The first-order valence-corrected chi connectivity index (χ1v) is 12.3. The summed E-state index contributed by atoms with van der Waals surface area (Å²) in [5.41, 5.74) is 3.16. The van der Waals surface area contributed by atoms with Crippen molar-refractivity contribution in [3.8, 4) is 17.6 Å². The van der Waals surface area contributed by atoms with Crippen LogP contribution in [0.3, 0.4) is 0 Å². The molecule has 1 heterocycles. The molecule has 0 saturated carbocycles. The largest absolute Gasteiger partial charge is 0.490 e. The molecule has 0 aliphatic carbocycles. The zero-order valence-corrected chi connectivity index (χ0v) is 22.0. The Labute approximate surface area is 225 Å². The number of halogens is 3. The summed E-state index contributed by atoms with van der Waals surface area (Å²) < 4.78 is 12.1. The highest BCUT2D eigenvalue weighted by Gasteiger charge is 2.15. The highest BCUT2D eigenvalue weighted by molar-refractivity contribution is 9.10. The van der Waals surface area contributed by atoms with E-state index in [1.807, 2.05) is 31.2 Å². The Morgan fingerprint density at radius 3 is 2.69 bits per heavy atom. The van der Waals surface area contributed by atoms with Crippen LogP contribution in [-0.4, -0.2) is 29.1 Å². The van der Waals surface area contributed by atoms with Gasteiger partial charge in [-0.3, -0.25) is 4.79 Å². The summed E-state index contributed by atoms with van der Waals surface area (Å²) >= 11 is 15.4. The second kappa shape index (κ2) is 11.5. The lowest BCUT2D eigenvalue weighted by Crippen LogP contribution is -2.20. The number of para-hydroxylation sites is 2. The molecule has 1 aromatic heterocycles. The Kier molecular flexibility index (Phi) is 8.16. The fourth-order valence-corrected chi connectivity index (χ4v) is 4.26. The number of benzene rings is 3. The third-order valence-electron chi connectivity index (χ3n) is 4.96. The Hall–Kier alpha value is -3.51. The van der Waals surface area contributed by atoms with Crippen LogP contribution >= 0.6 is 39.1 Å². The van der Waals surface area contributed by atoms with E-state index in [9.17, 15) is 10.1 Å². The molecule has 0 spiro atoms. The minimum Gasteiger partial charge on any atom is -0.490 e. The van der Waals surface area contributed by atoms with E-state index in [4.69, 9.17) is 32.7 Å². The van der Waals surface area contributed by atoms with Gasteiger partial charge in [0.1, 0.15) is 11.9 Å². The molecular weight excluding hydrogens is 567 g/mol. The molecule has 0 aliphatic heterocycles. The molecule has 2 N–H and O–H groups in total. The van der Waals surface area contributed by atoms with Gasteiger partial charge in [-0.25, -0.2) is 4.98 Å². The first-order valence-electron chi connectivity index (χ1n) is 10.8. The Morgan fingerprint density at radius 2 is 1.97 bits per heavy atom. The number of amides is 1. The van der Waals surface area contributed by atoms with Gasteiger partial charge in [0.2, 0.25) is 0 Å². The van der Waals surface area contributed by atoms with Gasteiger partial charge in [-0.05, 0) is 77.0 Å². The van der Waals surface area contributed by atoms with E-state index in [2.05, 4.69) is 37.3 Å². The number of aromatic amines is 1. The van der Waals surface area contributed by atoms with Crippen molar-refractivity contribution in [1.29, 1.82) is 5.26 Å². The molecule has 3 aromatic carbocycles. The van der Waals surface area contributed by atoms with Crippen LogP contribution in [0.5, 0.6) is 11.5 Å². The van der Waals surface area contributed by atoms with E-state index in [-0.39, 0.29) is 12.5 Å². The van der Waals surface area contributed by atoms with Gasteiger partial charge in [0.05, 0.1) is 37.7 Å². The first kappa shape index (κ1) is 25.6. The van der Waals surface area contributed by atoms with E-state index >= 15 is 0 Å². The van der Waals surface area contributed by atoms with Crippen molar-refractivity contribution in [3.05, 3.63) is 80.5 Å². The van der Waals surface area contributed by atoms with E-state index in [1.54, 1.807) is 36.4 Å². The highest BCUT2D eigenvalue weighted by atomic mass is 79.9. The zero-order valence-electron chi connectivity index (χ0n) is 18.9. The first-order chi connectivity index (χ1) is 17.4. The van der Waals surface area contributed by atoms with Gasteiger partial charge in [0.15, 0.2) is 18.1 Å². The summed E-state index contributed by atoms with van der Waals surface area (Å²) in [5.74, 6) is 0.860. The lowest BCUT2D eigenvalue weighted by Gasteiger charge is -2.15. The van der Waals surface area contributed by atoms with Crippen LogP contribution in [0, 0.1) is 11.3 Å². The molecule has 0 unspecified atom stereocenters. The third-order valence-corrected chi connectivity index (χ3v) is 6.29. The number of anilines is 1. The molecule has 10 heteroatoms. The van der Waals surface area contributed by atoms with Crippen molar-refractivity contribution in [1.82, 2.24) is 9.97 Å². The number of fused-ring (bicyclic) bond motifs is 1. The highest BCUT2D eigenvalue weighted by Crippen LogP contribution is 2.38. The summed E-state index contributed by atoms with van der Waals surface area (Å²) in [5, 5.41) is 13.2. The number of nitrogens with one attached hydrogen (secondary N) is 2. The molecule has 7 nitrogen and oxygen atoms in total. The van der Waals surface area contributed by atoms with Gasteiger partial charge in [-0.1, -0.05) is 35.3 Å². The van der Waals surface area contributed by atoms with Crippen molar-refractivity contribution < 1.29 is 14.3 Å². The number of carbonyl (C=O) groups is 1. The van der Waals surface area contributed by atoms with Crippen LogP contribution in [-0.2, 0) is 4.79 Å². The van der Waals surface area contributed by atoms with Gasteiger partial charge >= 0.3 is 0 Å². The molecule has 0 saturated heterocycles. The average molecular weight is 586 g/mol. The normalized spacial score (nSPS) is 11.2. The Bertz CT molecular complexity index is 1480. The summed E-state index contributed by atoms with van der Waals surface area (Å²) in [6, 6.07) is 18.0. The summed E-state index contributed by atoms with van der Waals surface area (Å²) in [6.07, 6.45) is 1.70. The van der Waals surface area contributed by atoms with Crippen LogP contribution < -0.4 is 14.8 Å². The molecule has 0 aliphatic rings. The number of hydrogen-bond acceptors (Lipinski definition) is 5. The topological polar surface area (TPSA) is 100 Å². The number of allylic oxidation sites excluding steroid dienone is 1. The number of nitrogens with zero attached hydrogens (tertiary/aromatic N) is 2. The third kappa shape index (κ3) is 6.00. The van der Waals surface area contributed by atoms with E-state index in [0.29, 0.717) is 55.3 Å². The minimum absolute atomic E-state index is 0.267. The van der Waals surface area contributed by atoms with Crippen LogP contribution in [0.1, 0.15) is 18.3 Å². The smallest absolute Gasteiger partial charge is 0.262 e. The maximum Gasteiger partial charge on any atom is 0.262 e. The van der Waals surface area contributed by atoms with E-state index in [1.165, 1.54) is 0 Å². The van der Waals surface area contributed by atoms with E-state index in [0.717, 1.165) is 11.0 Å². The van der Waals surface area contributed by atoms with Crippen molar-refractivity contribution in [3.63, 3.8) is 0 Å². The lowest BCUT2D eigenvalue weighted by atomic mass is 10.1. The molecule has 182 valence electrons. The predicted octanol–water partition coefficient (Wildman–Crippen LogP) is 7.11. The molecule has 4 aromatic rings. The standard InChI is InChI=1S/C26H19BrCl2N4O3/c1-2-35-23-11-15(9-16(13-30)26-32-21-5-3-4-6-22(21)33-26)10-18(27)25(23)36-14-24(34)31-17-7-8-19(28)20(29)12-17/h3-12H,2,14H2,1H3,(H,31,34)(H,32,33)/b16-9+. The van der Waals surface area contributed by atoms with Crippen LogP contribution in [0.15, 0.2) is 59.1 Å². The molecule has 0 bridgehead atoms. The number of nitriles is 1. The number of aromatic nitrogens is 2. The Morgan fingerprint density at radius 1 is 1.17 bits per heavy atom. The van der Waals surface area contributed by atoms with Gasteiger partial charge in [-0.15, -0.1) is 0 Å². The van der Waals surface area contributed by atoms with Crippen LogP contribution in [0.4, 0.5) is 5.69 Å². The number of imidazole rings is 1. The molecule has 0 fully saturated rings. The minimum atomic E-state index is -0.386. The van der Waals surface area contributed by atoms with Crippen molar-refractivity contribution in [2.75, 3.05) is 18.5 Å². The van der Waals surface area contributed by atoms with Crippen LogP contribution in [0.25, 0.3) is 22.7 Å². The summed E-state index contributed by atoms with van der Waals surface area (Å²) in [6.45, 7) is 1.95. The van der Waals surface area contributed by atoms with Crippen molar-refractivity contribution in [2.45, 2.75) is 6.92 Å². The second-order valence-corrected chi connectivity index (χ2v) is 9.17. The number of ether oxygens (including phenoxy) is 2. The van der Waals surface area contributed by atoms with Gasteiger partial charge in [0.25, 0.3) is 5.91 Å². The second-order valence-electron chi connectivity index (χ2n) is 7.50. The van der Waals surface area contributed by atoms with E-state index < -0.39 is 0 Å². The number of H-pyrrole nitrogens is 1. The monoisotopic (exact) mass is 584 g/mol. The molecular formula is C26H19BrCl2N4O3. The van der Waals surface area contributed by atoms with Gasteiger partial charge in [0, 0.05) is 5.69 Å². The fraction of sp³-hybridized carbons (Fsp3) is 0.115. The van der Waals surface area contributed by atoms with Crippen molar-refractivity contribution >= 4 is 73.4 Å². The maximum absolute atomic E-state index is 12.4. The number of carbonyl (C=O) groups excluding carboxylic acids is 1. The zero-order chi connectivity index (χ0) is 25.7. The Balaban J connectivity index is 1.55. The van der Waals surface area contributed by atoms with Crippen LogP contribution in [0.2, 0.25) is 10.0 Å². The quantitative estimate of drug-likeness (QED) is 0.215. The molecule has 1 amide bonds. The van der Waals surface area contributed by atoms with Gasteiger partial charge in [-0.2, -0.15) is 5.26 Å². The summed E-state index contributed by atoms with van der Waals surface area (Å²) in [7, 11) is 0. The molecule has 36 heavy (non-hydrogen) atoms. The average Bonchev–Trinajstić information content (AvgIpc) is 3.28.